The molecule has 5 aromatic rings. The predicted octanol–water partition coefficient (Wildman–Crippen LogP) is 3.96. The second kappa shape index (κ2) is 7.15. The van der Waals surface area contributed by atoms with E-state index in [2.05, 4.69) is 29.4 Å². The zero-order valence-corrected chi connectivity index (χ0v) is 16.7. The van der Waals surface area contributed by atoms with Crippen LogP contribution in [0.1, 0.15) is 16.2 Å². The van der Waals surface area contributed by atoms with E-state index in [1.165, 1.54) is 11.3 Å². The van der Waals surface area contributed by atoms with Crippen LogP contribution >= 0.6 is 23.1 Å². The topological polar surface area (TPSA) is 98.5 Å². The molecule has 142 valence electrons. The number of thiazole rings is 1. The number of rotatable bonds is 4. The number of aromatic nitrogens is 6. The Labute approximate surface area is 173 Å². The fraction of sp³-hybridized carbons (Fsp3) is 0.0526. The standard InChI is InChI=1S/C19H13N7OS2/c1-11-16(18(27)20-13-8-5-9-14-17(13)24-29-23-14)22-25-26(11)19-21-15(10-28-19)12-6-3-2-4-7-12/h2-10H,1H3,(H,20,27). The molecule has 10 heteroatoms. The van der Waals surface area contributed by atoms with E-state index in [4.69, 9.17) is 0 Å². The van der Waals surface area contributed by atoms with Crippen LogP contribution in [0.25, 0.3) is 27.4 Å². The summed E-state index contributed by atoms with van der Waals surface area (Å²) >= 11 is 2.55. The van der Waals surface area contributed by atoms with E-state index < -0.39 is 0 Å². The Bertz CT molecular complexity index is 1320. The van der Waals surface area contributed by atoms with Crippen LogP contribution in [0, 0.1) is 6.92 Å². The van der Waals surface area contributed by atoms with Crippen molar-refractivity contribution in [2.45, 2.75) is 6.92 Å². The number of nitrogens with zero attached hydrogens (tertiary/aromatic N) is 6. The Morgan fingerprint density at radius 1 is 1.07 bits per heavy atom. The molecule has 0 unspecified atom stereocenters. The molecule has 1 N–H and O–H groups in total. The maximum atomic E-state index is 12.8. The number of fused-ring (bicyclic) bond motifs is 1. The first-order valence-corrected chi connectivity index (χ1v) is 10.3. The largest absolute Gasteiger partial charge is 0.319 e. The number of benzene rings is 2. The summed E-state index contributed by atoms with van der Waals surface area (Å²) in [5, 5.41) is 13.7. The summed E-state index contributed by atoms with van der Waals surface area (Å²) in [5.41, 5.74) is 4.72. The fourth-order valence-corrected chi connectivity index (χ4v) is 4.29. The van der Waals surface area contributed by atoms with Gasteiger partial charge in [-0.1, -0.05) is 41.6 Å². The SMILES string of the molecule is Cc1c(C(=O)Nc2cccc3nsnc23)nnn1-c1nc(-c2ccccc2)cs1. The van der Waals surface area contributed by atoms with Crippen molar-refractivity contribution in [2.24, 2.45) is 0 Å². The van der Waals surface area contributed by atoms with E-state index >= 15 is 0 Å². The molecule has 0 spiro atoms. The third kappa shape index (κ3) is 3.18. The molecule has 2 aromatic carbocycles. The number of hydrogen-bond acceptors (Lipinski definition) is 8. The molecule has 0 aliphatic rings. The minimum atomic E-state index is -0.353. The fourth-order valence-electron chi connectivity index (χ4n) is 2.91. The van der Waals surface area contributed by atoms with Gasteiger partial charge in [-0.2, -0.15) is 13.4 Å². The van der Waals surface area contributed by atoms with E-state index in [0.29, 0.717) is 22.0 Å². The summed E-state index contributed by atoms with van der Waals surface area (Å²) in [4.78, 5) is 17.4. The van der Waals surface area contributed by atoms with Gasteiger partial charge < -0.3 is 5.32 Å². The van der Waals surface area contributed by atoms with E-state index in [0.717, 1.165) is 28.5 Å². The molecular formula is C19H13N7OS2. The van der Waals surface area contributed by atoms with Crippen molar-refractivity contribution in [1.82, 2.24) is 28.7 Å². The van der Waals surface area contributed by atoms with Gasteiger partial charge in [-0.15, -0.1) is 16.4 Å². The lowest BCUT2D eigenvalue weighted by molar-refractivity contribution is 0.102. The monoisotopic (exact) mass is 419 g/mol. The van der Waals surface area contributed by atoms with Crippen molar-refractivity contribution in [3.8, 4) is 16.4 Å². The highest BCUT2D eigenvalue weighted by Crippen LogP contribution is 2.25. The van der Waals surface area contributed by atoms with Crippen LogP contribution in [0.15, 0.2) is 53.9 Å². The number of carbonyl (C=O) groups excluding carboxylic acids is 1. The minimum Gasteiger partial charge on any atom is -0.319 e. The number of nitrogens with one attached hydrogen (secondary N) is 1. The van der Waals surface area contributed by atoms with Crippen LogP contribution in [0.2, 0.25) is 0 Å². The second-order valence-electron chi connectivity index (χ2n) is 6.21. The van der Waals surface area contributed by atoms with Gasteiger partial charge in [0.2, 0.25) is 5.13 Å². The summed E-state index contributed by atoms with van der Waals surface area (Å²) < 4.78 is 10.0. The molecule has 0 aliphatic heterocycles. The van der Waals surface area contributed by atoms with Gasteiger partial charge in [0.15, 0.2) is 5.69 Å². The van der Waals surface area contributed by atoms with Gasteiger partial charge in [-0.25, -0.2) is 4.98 Å². The van der Waals surface area contributed by atoms with E-state index in [1.807, 2.05) is 47.8 Å². The molecule has 8 nitrogen and oxygen atoms in total. The Kier molecular flexibility index (Phi) is 4.34. The Balaban J connectivity index is 1.43. The van der Waals surface area contributed by atoms with Crippen LogP contribution in [-0.4, -0.2) is 34.6 Å². The Hall–Kier alpha value is -3.50. The summed E-state index contributed by atoms with van der Waals surface area (Å²) in [6.45, 7) is 1.80. The molecule has 0 atom stereocenters. The van der Waals surface area contributed by atoms with E-state index in [9.17, 15) is 4.79 Å². The van der Waals surface area contributed by atoms with Crippen molar-refractivity contribution in [3.63, 3.8) is 0 Å². The molecule has 3 heterocycles. The molecule has 0 fully saturated rings. The third-order valence-corrected chi connectivity index (χ3v) is 5.75. The number of amides is 1. The van der Waals surface area contributed by atoms with E-state index in [-0.39, 0.29) is 11.6 Å². The van der Waals surface area contributed by atoms with Gasteiger partial charge >= 0.3 is 0 Å². The summed E-state index contributed by atoms with van der Waals surface area (Å²) in [7, 11) is 0. The normalized spacial score (nSPS) is 11.1. The molecule has 1 amide bonds. The predicted molar refractivity (Wildman–Crippen MR) is 113 cm³/mol. The number of carbonyl (C=O) groups is 1. The highest BCUT2D eigenvalue weighted by molar-refractivity contribution is 7.12. The summed E-state index contributed by atoms with van der Waals surface area (Å²) in [6.07, 6.45) is 0. The number of anilines is 1. The van der Waals surface area contributed by atoms with Gasteiger partial charge in [-0.05, 0) is 19.1 Å². The molecular weight excluding hydrogens is 406 g/mol. The zero-order chi connectivity index (χ0) is 19.8. The van der Waals surface area contributed by atoms with Crippen LogP contribution < -0.4 is 5.32 Å². The first-order chi connectivity index (χ1) is 14.2. The number of hydrogen-bond donors (Lipinski definition) is 1. The van der Waals surface area contributed by atoms with Crippen LogP contribution in [0.3, 0.4) is 0 Å². The lowest BCUT2D eigenvalue weighted by Gasteiger charge is -2.04. The smallest absolute Gasteiger partial charge is 0.278 e. The van der Waals surface area contributed by atoms with Gasteiger partial charge in [-0.3, -0.25) is 4.79 Å². The molecule has 0 radical (unpaired) electrons. The summed E-state index contributed by atoms with van der Waals surface area (Å²) in [6, 6.07) is 15.4. The van der Waals surface area contributed by atoms with Gasteiger partial charge in [0, 0.05) is 10.9 Å². The Morgan fingerprint density at radius 3 is 2.79 bits per heavy atom. The average Bonchev–Trinajstić information content (AvgIpc) is 3.48. The zero-order valence-electron chi connectivity index (χ0n) is 15.1. The van der Waals surface area contributed by atoms with E-state index in [1.54, 1.807) is 17.7 Å². The minimum absolute atomic E-state index is 0.238. The maximum Gasteiger partial charge on any atom is 0.278 e. The van der Waals surface area contributed by atoms with Crippen molar-refractivity contribution >= 4 is 45.7 Å². The molecule has 0 aliphatic carbocycles. The van der Waals surface area contributed by atoms with Crippen molar-refractivity contribution in [3.05, 3.63) is 65.3 Å². The quantitative estimate of drug-likeness (QED) is 0.473. The summed E-state index contributed by atoms with van der Waals surface area (Å²) in [5.74, 6) is -0.353. The highest BCUT2D eigenvalue weighted by Gasteiger charge is 2.20. The first-order valence-electron chi connectivity index (χ1n) is 8.67. The first kappa shape index (κ1) is 17.6. The van der Waals surface area contributed by atoms with Crippen LogP contribution in [0.4, 0.5) is 5.69 Å². The van der Waals surface area contributed by atoms with Gasteiger partial charge in [0.1, 0.15) is 11.0 Å². The molecule has 0 saturated heterocycles. The lowest BCUT2D eigenvalue weighted by atomic mass is 10.2. The second-order valence-corrected chi connectivity index (χ2v) is 7.57. The third-order valence-electron chi connectivity index (χ3n) is 4.39. The average molecular weight is 419 g/mol. The highest BCUT2D eigenvalue weighted by atomic mass is 32.1. The van der Waals surface area contributed by atoms with Gasteiger partial charge in [0.05, 0.1) is 28.8 Å². The maximum absolute atomic E-state index is 12.8. The molecule has 0 bridgehead atoms. The molecule has 5 rings (SSSR count). The van der Waals surface area contributed by atoms with Crippen molar-refractivity contribution in [2.75, 3.05) is 5.32 Å². The van der Waals surface area contributed by atoms with Crippen molar-refractivity contribution in [1.29, 1.82) is 0 Å². The van der Waals surface area contributed by atoms with Gasteiger partial charge in [0.25, 0.3) is 5.91 Å². The molecule has 0 saturated carbocycles. The van der Waals surface area contributed by atoms with Crippen LogP contribution in [0.5, 0.6) is 0 Å². The Morgan fingerprint density at radius 2 is 1.93 bits per heavy atom. The van der Waals surface area contributed by atoms with Crippen LogP contribution in [-0.2, 0) is 0 Å². The van der Waals surface area contributed by atoms with Crippen molar-refractivity contribution < 1.29 is 4.79 Å². The molecule has 29 heavy (non-hydrogen) atoms. The lowest BCUT2D eigenvalue weighted by Crippen LogP contribution is -2.14. The molecule has 3 aromatic heterocycles.